The molecular formula is C9H8F5NO. The predicted octanol–water partition coefficient (Wildman–Crippen LogP) is 2.97. The summed E-state index contributed by atoms with van der Waals surface area (Å²) >= 11 is 0. The fourth-order valence-corrected chi connectivity index (χ4v) is 0.786. The maximum absolute atomic E-state index is 12.4. The van der Waals surface area contributed by atoms with Crippen LogP contribution in [-0.4, -0.2) is 23.7 Å². The van der Waals surface area contributed by atoms with Gasteiger partial charge in [-0.15, -0.1) is 0 Å². The third kappa shape index (κ3) is 3.04. The van der Waals surface area contributed by atoms with Crippen LogP contribution in [-0.2, 0) is 0 Å². The summed E-state index contributed by atoms with van der Waals surface area (Å²) in [6.07, 6.45) is -4.31. The Hall–Kier alpha value is -1.40. The van der Waals surface area contributed by atoms with Crippen LogP contribution in [0.15, 0.2) is 18.3 Å². The van der Waals surface area contributed by atoms with Crippen molar-refractivity contribution in [1.29, 1.82) is 0 Å². The zero-order valence-electron chi connectivity index (χ0n) is 8.18. The Kier molecular flexibility index (Phi) is 3.35. The molecule has 0 radical (unpaired) electrons. The van der Waals surface area contributed by atoms with Gasteiger partial charge in [0, 0.05) is 12.3 Å². The van der Waals surface area contributed by atoms with Crippen molar-refractivity contribution in [3.8, 4) is 5.88 Å². The van der Waals surface area contributed by atoms with Crippen molar-refractivity contribution in [1.82, 2.24) is 4.98 Å². The molecule has 0 amide bonds. The summed E-state index contributed by atoms with van der Waals surface area (Å²) in [5.74, 6) is -5.14. The Bertz CT molecular complexity index is 346. The maximum atomic E-state index is 12.4. The van der Waals surface area contributed by atoms with Crippen LogP contribution in [0, 0.1) is 6.92 Å². The van der Waals surface area contributed by atoms with E-state index in [4.69, 9.17) is 0 Å². The van der Waals surface area contributed by atoms with Crippen molar-refractivity contribution < 1.29 is 26.7 Å². The second kappa shape index (κ2) is 4.23. The standard InChI is InChI=1S/C9H8F5NO/c1-6-2-3-7(15-4-6)16-5-8(10,11)9(12,13)14/h2-4H,5H2,1H3. The molecule has 16 heavy (non-hydrogen) atoms. The van der Waals surface area contributed by atoms with Crippen molar-refractivity contribution in [2.45, 2.75) is 19.0 Å². The van der Waals surface area contributed by atoms with E-state index in [0.29, 0.717) is 0 Å². The Labute approximate surface area is 88.1 Å². The lowest BCUT2D eigenvalue weighted by atomic mass is 10.3. The molecule has 90 valence electrons. The van der Waals surface area contributed by atoms with Gasteiger partial charge in [-0.25, -0.2) is 4.98 Å². The van der Waals surface area contributed by atoms with Gasteiger partial charge < -0.3 is 4.74 Å². The van der Waals surface area contributed by atoms with E-state index >= 15 is 0 Å². The second-order valence-electron chi connectivity index (χ2n) is 3.16. The van der Waals surface area contributed by atoms with E-state index in [0.717, 1.165) is 5.56 Å². The quantitative estimate of drug-likeness (QED) is 0.759. The van der Waals surface area contributed by atoms with Gasteiger partial charge in [0.25, 0.3) is 0 Å². The van der Waals surface area contributed by atoms with Gasteiger partial charge in [-0.1, -0.05) is 6.07 Å². The number of nitrogens with zero attached hydrogens (tertiary/aromatic N) is 1. The Morgan fingerprint density at radius 1 is 1.19 bits per heavy atom. The molecule has 0 bridgehead atoms. The Morgan fingerprint density at radius 3 is 2.25 bits per heavy atom. The second-order valence-corrected chi connectivity index (χ2v) is 3.16. The molecule has 0 aliphatic carbocycles. The maximum Gasteiger partial charge on any atom is 0.456 e. The highest BCUT2D eigenvalue weighted by atomic mass is 19.4. The van der Waals surface area contributed by atoms with E-state index in [1.165, 1.54) is 18.3 Å². The molecule has 1 aromatic heterocycles. The van der Waals surface area contributed by atoms with E-state index in [-0.39, 0.29) is 5.88 Å². The number of alkyl halides is 5. The zero-order chi connectivity index (χ0) is 12.4. The Balaban J connectivity index is 2.61. The number of rotatable bonds is 3. The van der Waals surface area contributed by atoms with Crippen molar-refractivity contribution in [2.24, 2.45) is 0 Å². The molecule has 0 N–H and O–H groups in total. The first-order chi connectivity index (χ1) is 7.22. The summed E-state index contributed by atoms with van der Waals surface area (Å²) < 4.78 is 64.4. The predicted molar refractivity (Wildman–Crippen MR) is 45.5 cm³/mol. The van der Waals surface area contributed by atoms with Crippen LogP contribution >= 0.6 is 0 Å². The van der Waals surface area contributed by atoms with Gasteiger partial charge in [0.1, 0.15) is 0 Å². The van der Waals surface area contributed by atoms with Crippen LogP contribution < -0.4 is 4.74 Å². The van der Waals surface area contributed by atoms with Crippen LogP contribution in [0.4, 0.5) is 22.0 Å². The Morgan fingerprint density at radius 2 is 1.81 bits per heavy atom. The van der Waals surface area contributed by atoms with Gasteiger partial charge in [-0.2, -0.15) is 22.0 Å². The molecule has 0 aliphatic heterocycles. The largest absolute Gasteiger partial charge is 0.471 e. The lowest BCUT2D eigenvalue weighted by Gasteiger charge is -2.19. The lowest BCUT2D eigenvalue weighted by molar-refractivity contribution is -0.290. The van der Waals surface area contributed by atoms with Gasteiger partial charge in [-0.05, 0) is 12.5 Å². The zero-order valence-corrected chi connectivity index (χ0v) is 8.18. The number of pyridine rings is 1. The topological polar surface area (TPSA) is 22.1 Å². The third-order valence-electron chi connectivity index (χ3n) is 1.70. The van der Waals surface area contributed by atoms with Crippen LogP contribution in [0.3, 0.4) is 0 Å². The van der Waals surface area contributed by atoms with Gasteiger partial charge in [0.05, 0.1) is 0 Å². The minimum Gasteiger partial charge on any atom is -0.471 e. The van der Waals surface area contributed by atoms with E-state index in [2.05, 4.69) is 9.72 Å². The van der Waals surface area contributed by atoms with Gasteiger partial charge in [0.2, 0.25) is 5.88 Å². The summed E-state index contributed by atoms with van der Waals surface area (Å²) in [7, 11) is 0. The van der Waals surface area contributed by atoms with Gasteiger partial charge >= 0.3 is 12.1 Å². The van der Waals surface area contributed by atoms with Gasteiger partial charge in [-0.3, -0.25) is 0 Å². The molecule has 0 aliphatic rings. The van der Waals surface area contributed by atoms with Crippen molar-refractivity contribution in [3.63, 3.8) is 0 Å². The number of hydrogen-bond donors (Lipinski definition) is 0. The molecule has 0 saturated carbocycles. The molecule has 0 atom stereocenters. The molecule has 0 saturated heterocycles. The molecule has 0 fully saturated rings. The lowest BCUT2D eigenvalue weighted by Crippen LogP contribution is -2.41. The van der Waals surface area contributed by atoms with Crippen LogP contribution in [0.5, 0.6) is 5.88 Å². The van der Waals surface area contributed by atoms with Crippen LogP contribution in [0.1, 0.15) is 5.56 Å². The van der Waals surface area contributed by atoms with Crippen molar-refractivity contribution in [2.75, 3.05) is 6.61 Å². The van der Waals surface area contributed by atoms with E-state index in [9.17, 15) is 22.0 Å². The molecule has 7 heteroatoms. The number of ether oxygens (including phenoxy) is 1. The molecule has 1 aromatic rings. The van der Waals surface area contributed by atoms with E-state index < -0.39 is 18.7 Å². The summed E-state index contributed by atoms with van der Waals surface area (Å²) in [5.41, 5.74) is 0.745. The number of hydrogen-bond acceptors (Lipinski definition) is 2. The van der Waals surface area contributed by atoms with Crippen LogP contribution in [0.2, 0.25) is 0 Å². The summed E-state index contributed by atoms with van der Waals surface area (Å²) in [6.45, 7) is -0.0757. The first-order valence-corrected chi connectivity index (χ1v) is 4.22. The minimum atomic E-state index is -5.61. The van der Waals surface area contributed by atoms with Gasteiger partial charge in [0.15, 0.2) is 6.61 Å². The summed E-state index contributed by atoms with van der Waals surface area (Å²) in [6, 6.07) is 2.72. The molecule has 2 nitrogen and oxygen atoms in total. The average Bonchev–Trinajstić information content (AvgIpc) is 2.15. The normalized spacial score (nSPS) is 12.6. The first kappa shape index (κ1) is 12.7. The van der Waals surface area contributed by atoms with Crippen molar-refractivity contribution in [3.05, 3.63) is 23.9 Å². The highest BCUT2D eigenvalue weighted by molar-refractivity contribution is 5.16. The van der Waals surface area contributed by atoms with Crippen LogP contribution in [0.25, 0.3) is 0 Å². The molecule has 0 spiro atoms. The third-order valence-corrected chi connectivity index (χ3v) is 1.70. The fourth-order valence-electron chi connectivity index (χ4n) is 0.786. The SMILES string of the molecule is Cc1ccc(OCC(F)(F)C(F)(F)F)nc1. The highest BCUT2D eigenvalue weighted by Gasteiger charge is 2.58. The molecule has 0 aromatic carbocycles. The molecule has 1 rings (SSSR count). The van der Waals surface area contributed by atoms with E-state index in [1.54, 1.807) is 6.92 Å². The minimum absolute atomic E-state index is 0.269. The summed E-state index contributed by atoms with van der Waals surface area (Å²) in [5, 5.41) is 0. The summed E-state index contributed by atoms with van der Waals surface area (Å²) in [4.78, 5) is 3.54. The average molecular weight is 241 g/mol. The number of aromatic nitrogens is 1. The smallest absolute Gasteiger partial charge is 0.456 e. The monoisotopic (exact) mass is 241 g/mol. The fraction of sp³-hybridized carbons (Fsp3) is 0.444. The molecular weight excluding hydrogens is 233 g/mol. The first-order valence-electron chi connectivity index (χ1n) is 4.22. The van der Waals surface area contributed by atoms with E-state index in [1.807, 2.05) is 0 Å². The van der Waals surface area contributed by atoms with Crippen molar-refractivity contribution >= 4 is 0 Å². The number of halogens is 5. The molecule has 0 unspecified atom stereocenters. The molecule has 1 heterocycles. The highest BCUT2D eigenvalue weighted by Crippen LogP contribution is 2.35. The number of aryl methyl sites for hydroxylation is 1.